The molecule has 0 saturated carbocycles. The Morgan fingerprint density at radius 3 is 2.79 bits per heavy atom. The highest BCUT2D eigenvalue weighted by molar-refractivity contribution is 14.1. The maximum atomic E-state index is 9.22. The Morgan fingerprint density at radius 2 is 2.21 bits per heavy atom. The summed E-state index contributed by atoms with van der Waals surface area (Å²) in [5.74, 6) is 0.444. The molecule has 0 fully saturated rings. The number of rotatable bonds is 4. The van der Waals surface area contributed by atoms with Crippen molar-refractivity contribution in [3.63, 3.8) is 0 Å². The third kappa shape index (κ3) is 3.51. The van der Waals surface area contributed by atoms with E-state index in [1.165, 1.54) is 0 Å². The SMILES string of the molecule is Oc1ccc(NCC(O)CCl)c(I)c1. The molecular formula is C9H11ClINO2. The highest BCUT2D eigenvalue weighted by atomic mass is 127. The topological polar surface area (TPSA) is 52.5 Å². The largest absolute Gasteiger partial charge is 0.508 e. The molecule has 78 valence electrons. The molecule has 0 aliphatic carbocycles. The molecule has 1 aromatic carbocycles. The number of phenols is 1. The van der Waals surface area contributed by atoms with E-state index in [-0.39, 0.29) is 11.6 Å². The lowest BCUT2D eigenvalue weighted by molar-refractivity contribution is 0.211. The minimum atomic E-state index is -0.554. The predicted octanol–water partition coefficient (Wildman–Crippen LogP) is 2.01. The van der Waals surface area contributed by atoms with E-state index in [0.717, 1.165) is 9.26 Å². The Hall–Kier alpha value is -0.200. The van der Waals surface area contributed by atoms with Gasteiger partial charge in [0.2, 0.25) is 0 Å². The minimum Gasteiger partial charge on any atom is -0.508 e. The van der Waals surface area contributed by atoms with Gasteiger partial charge in [-0.05, 0) is 40.8 Å². The number of nitrogens with one attached hydrogen (secondary N) is 1. The van der Waals surface area contributed by atoms with Crippen LogP contribution in [0, 0.1) is 3.57 Å². The van der Waals surface area contributed by atoms with Crippen molar-refractivity contribution < 1.29 is 10.2 Å². The number of aromatic hydroxyl groups is 1. The quantitative estimate of drug-likeness (QED) is 0.450. The number of alkyl halides is 1. The van der Waals surface area contributed by atoms with E-state index in [4.69, 9.17) is 16.7 Å². The average molecular weight is 328 g/mol. The average Bonchev–Trinajstić information content (AvgIpc) is 2.16. The first-order chi connectivity index (χ1) is 6.63. The maximum Gasteiger partial charge on any atom is 0.116 e. The lowest BCUT2D eigenvalue weighted by atomic mass is 10.3. The molecule has 0 bridgehead atoms. The number of hydrogen-bond donors (Lipinski definition) is 3. The van der Waals surface area contributed by atoms with Crippen molar-refractivity contribution in [3.05, 3.63) is 21.8 Å². The Bertz CT molecular complexity index is 309. The van der Waals surface area contributed by atoms with Gasteiger partial charge in [-0.3, -0.25) is 0 Å². The number of hydrogen-bond acceptors (Lipinski definition) is 3. The van der Waals surface area contributed by atoms with Crippen LogP contribution in [0.2, 0.25) is 0 Å². The molecule has 1 rings (SSSR count). The fourth-order valence-electron chi connectivity index (χ4n) is 0.930. The minimum absolute atomic E-state index is 0.210. The van der Waals surface area contributed by atoms with Gasteiger partial charge in [-0.15, -0.1) is 11.6 Å². The summed E-state index contributed by atoms with van der Waals surface area (Å²) in [4.78, 5) is 0. The highest BCUT2D eigenvalue weighted by Gasteiger charge is 2.04. The van der Waals surface area contributed by atoms with Gasteiger partial charge in [-0.25, -0.2) is 0 Å². The van der Waals surface area contributed by atoms with Crippen LogP contribution in [0.25, 0.3) is 0 Å². The lowest BCUT2D eigenvalue weighted by Crippen LogP contribution is -2.21. The van der Waals surface area contributed by atoms with Gasteiger partial charge in [0, 0.05) is 15.8 Å². The van der Waals surface area contributed by atoms with Crippen LogP contribution in [-0.4, -0.2) is 28.7 Å². The molecular weight excluding hydrogens is 316 g/mol. The van der Waals surface area contributed by atoms with Crippen LogP contribution < -0.4 is 5.32 Å². The van der Waals surface area contributed by atoms with Crippen LogP contribution in [0.15, 0.2) is 18.2 Å². The summed E-state index contributed by atoms with van der Waals surface area (Å²) in [5, 5.41) is 21.4. The van der Waals surface area contributed by atoms with Crippen LogP contribution in [0.1, 0.15) is 0 Å². The van der Waals surface area contributed by atoms with Gasteiger partial charge in [0.15, 0.2) is 0 Å². The fourth-order valence-corrected chi connectivity index (χ4v) is 1.73. The van der Waals surface area contributed by atoms with E-state index in [2.05, 4.69) is 27.9 Å². The van der Waals surface area contributed by atoms with Crippen molar-refractivity contribution in [2.75, 3.05) is 17.7 Å². The highest BCUT2D eigenvalue weighted by Crippen LogP contribution is 2.22. The number of anilines is 1. The maximum absolute atomic E-state index is 9.22. The summed E-state index contributed by atoms with van der Waals surface area (Å²) >= 11 is 7.56. The molecule has 0 radical (unpaired) electrons. The number of benzene rings is 1. The molecule has 0 aliphatic heterocycles. The summed E-state index contributed by atoms with van der Waals surface area (Å²) < 4.78 is 0.907. The molecule has 3 nitrogen and oxygen atoms in total. The van der Waals surface area contributed by atoms with Gasteiger partial charge in [0.1, 0.15) is 5.75 Å². The van der Waals surface area contributed by atoms with E-state index in [1.807, 2.05) is 0 Å². The summed E-state index contributed by atoms with van der Waals surface area (Å²) in [6.07, 6.45) is -0.554. The number of aliphatic hydroxyl groups is 1. The van der Waals surface area contributed by atoms with Gasteiger partial charge in [0.05, 0.1) is 12.0 Å². The lowest BCUT2D eigenvalue weighted by Gasteiger charge is -2.11. The monoisotopic (exact) mass is 327 g/mol. The van der Waals surface area contributed by atoms with Gasteiger partial charge in [-0.2, -0.15) is 0 Å². The van der Waals surface area contributed by atoms with Crippen molar-refractivity contribution in [1.82, 2.24) is 0 Å². The van der Waals surface area contributed by atoms with Crippen LogP contribution in [0.3, 0.4) is 0 Å². The Morgan fingerprint density at radius 1 is 1.50 bits per heavy atom. The van der Waals surface area contributed by atoms with E-state index in [9.17, 15) is 5.11 Å². The zero-order valence-corrected chi connectivity index (χ0v) is 10.3. The predicted molar refractivity (Wildman–Crippen MR) is 66.0 cm³/mol. The molecule has 0 spiro atoms. The van der Waals surface area contributed by atoms with Gasteiger partial charge in [-0.1, -0.05) is 0 Å². The Kier molecular flexibility index (Phi) is 4.77. The van der Waals surface area contributed by atoms with Crippen LogP contribution in [0.5, 0.6) is 5.75 Å². The second-order valence-corrected chi connectivity index (χ2v) is 4.32. The van der Waals surface area contributed by atoms with Gasteiger partial charge in [0.25, 0.3) is 0 Å². The molecule has 0 amide bonds. The molecule has 0 aliphatic rings. The molecule has 0 saturated heterocycles. The molecule has 1 atom stereocenters. The summed E-state index contributed by atoms with van der Waals surface area (Å²) in [6, 6.07) is 5.01. The van der Waals surface area contributed by atoms with E-state index >= 15 is 0 Å². The zero-order chi connectivity index (χ0) is 10.6. The molecule has 5 heteroatoms. The standard InChI is InChI=1S/C9H11ClINO2/c10-4-7(14)5-12-9-2-1-6(13)3-8(9)11/h1-3,7,12-14H,4-5H2. The number of aliphatic hydroxyl groups excluding tert-OH is 1. The van der Waals surface area contributed by atoms with Crippen LogP contribution >= 0.6 is 34.2 Å². The molecule has 0 heterocycles. The summed E-state index contributed by atoms with van der Waals surface area (Å²) in [5.41, 5.74) is 0.882. The first-order valence-corrected chi connectivity index (χ1v) is 5.71. The molecule has 3 N–H and O–H groups in total. The van der Waals surface area contributed by atoms with Crippen molar-refractivity contribution in [3.8, 4) is 5.75 Å². The van der Waals surface area contributed by atoms with Crippen LogP contribution in [0.4, 0.5) is 5.69 Å². The smallest absolute Gasteiger partial charge is 0.116 e. The fraction of sp³-hybridized carbons (Fsp3) is 0.333. The second-order valence-electron chi connectivity index (χ2n) is 2.85. The first kappa shape index (κ1) is 11.9. The number of halogens is 2. The number of phenolic OH excluding ortho intramolecular Hbond substituents is 1. The van der Waals surface area contributed by atoms with E-state index in [1.54, 1.807) is 18.2 Å². The molecule has 1 unspecified atom stereocenters. The van der Waals surface area contributed by atoms with Gasteiger partial charge < -0.3 is 15.5 Å². The van der Waals surface area contributed by atoms with Crippen LogP contribution in [-0.2, 0) is 0 Å². The Balaban J connectivity index is 2.59. The Labute approximate surface area is 101 Å². The van der Waals surface area contributed by atoms with Crippen molar-refractivity contribution in [2.45, 2.75) is 6.10 Å². The van der Waals surface area contributed by atoms with E-state index < -0.39 is 6.10 Å². The normalized spacial score (nSPS) is 12.5. The van der Waals surface area contributed by atoms with Crippen molar-refractivity contribution in [2.24, 2.45) is 0 Å². The van der Waals surface area contributed by atoms with Crippen molar-refractivity contribution >= 4 is 39.9 Å². The molecule has 14 heavy (non-hydrogen) atoms. The zero-order valence-electron chi connectivity index (χ0n) is 7.37. The van der Waals surface area contributed by atoms with Crippen molar-refractivity contribution in [1.29, 1.82) is 0 Å². The van der Waals surface area contributed by atoms with E-state index in [0.29, 0.717) is 6.54 Å². The first-order valence-electron chi connectivity index (χ1n) is 4.10. The summed E-state index contributed by atoms with van der Waals surface area (Å²) in [7, 11) is 0. The third-order valence-electron chi connectivity index (χ3n) is 1.66. The summed E-state index contributed by atoms with van der Waals surface area (Å²) in [6.45, 7) is 0.407. The second kappa shape index (κ2) is 5.63. The van der Waals surface area contributed by atoms with Gasteiger partial charge >= 0.3 is 0 Å². The third-order valence-corrected chi connectivity index (χ3v) is 2.91. The molecule has 1 aromatic rings. The molecule has 0 aromatic heterocycles.